The van der Waals surface area contributed by atoms with Gasteiger partial charge >= 0.3 is 6.09 Å². The Kier molecular flexibility index (Phi) is 11.1. The quantitative estimate of drug-likeness (QED) is 0.136. The lowest BCUT2D eigenvalue weighted by atomic mass is 9.90. The van der Waals surface area contributed by atoms with Crippen molar-refractivity contribution in [3.63, 3.8) is 0 Å². The Hall–Kier alpha value is -5.70. The van der Waals surface area contributed by atoms with Crippen LogP contribution in [0.2, 0.25) is 0 Å². The van der Waals surface area contributed by atoms with Crippen LogP contribution in [-0.4, -0.2) is 80.6 Å². The molecule has 278 valence electrons. The first-order valence-corrected chi connectivity index (χ1v) is 17.3. The van der Waals surface area contributed by atoms with Crippen molar-refractivity contribution in [1.29, 1.82) is 0 Å². The molecule has 2 amide bonds. The molecule has 0 bridgehead atoms. The highest BCUT2D eigenvalue weighted by Gasteiger charge is 2.30. The Morgan fingerprint density at radius 3 is 2.43 bits per heavy atom. The van der Waals surface area contributed by atoms with E-state index >= 15 is 8.78 Å². The van der Waals surface area contributed by atoms with Gasteiger partial charge < -0.3 is 29.7 Å². The molecule has 1 aliphatic rings. The maximum Gasteiger partial charge on any atom is 0.410 e. The van der Waals surface area contributed by atoms with E-state index in [4.69, 9.17) is 29.3 Å². The molecule has 0 saturated carbocycles. The SMILES string of the molecule is COCCOc1cc(F)c(Cn2nc(-c3ncc(C4CCN(C(=O)OC(C)(C)C)CC4)c(Nc4ccnc(NC(C)=O)c4)n3)c3ccccc32)c(F)c1. The van der Waals surface area contributed by atoms with Crippen LogP contribution in [0.25, 0.3) is 22.4 Å². The monoisotopic (exact) mass is 728 g/mol. The van der Waals surface area contributed by atoms with E-state index < -0.39 is 17.2 Å². The van der Waals surface area contributed by atoms with Gasteiger partial charge in [-0.1, -0.05) is 18.2 Å². The summed E-state index contributed by atoms with van der Waals surface area (Å²) in [6.07, 6.45) is 4.27. The number of nitrogens with one attached hydrogen (secondary N) is 2. The first-order chi connectivity index (χ1) is 25.4. The second-order valence-electron chi connectivity index (χ2n) is 13.7. The minimum absolute atomic E-state index is 0.00332. The number of piperidine rings is 1. The van der Waals surface area contributed by atoms with E-state index in [9.17, 15) is 9.59 Å². The number of rotatable bonds is 11. The van der Waals surface area contributed by atoms with Gasteiger partial charge in [0.25, 0.3) is 0 Å². The van der Waals surface area contributed by atoms with Gasteiger partial charge in [0.1, 0.15) is 46.9 Å². The molecule has 53 heavy (non-hydrogen) atoms. The molecule has 15 heteroatoms. The Balaban J connectivity index is 1.34. The number of hydrogen-bond donors (Lipinski definition) is 2. The lowest BCUT2D eigenvalue weighted by molar-refractivity contribution is -0.114. The Morgan fingerprint density at radius 1 is 1.00 bits per heavy atom. The molecule has 4 heterocycles. The summed E-state index contributed by atoms with van der Waals surface area (Å²) in [5.41, 5.74) is 1.73. The second kappa shape index (κ2) is 15.9. The van der Waals surface area contributed by atoms with E-state index in [0.717, 1.165) is 17.7 Å². The van der Waals surface area contributed by atoms with E-state index in [1.807, 2.05) is 45.0 Å². The Labute approximate surface area is 305 Å². The van der Waals surface area contributed by atoms with Gasteiger partial charge in [0.05, 0.1) is 18.7 Å². The summed E-state index contributed by atoms with van der Waals surface area (Å²) in [6, 6.07) is 13.1. The lowest BCUT2D eigenvalue weighted by Gasteiger charge is -2.34. The molecule has 5 aromatic rings. The van der Waals surface area contributed by atoms with Crippen LogP contribution in [0, 0.1) is 11.6 Å². The summed E-state index contributed by atoms with van der Waals surface area (Å²) in [4.78, 5) is 40.2. The molecule has 1 aliphatic heterocycles. The highest BCUT2D eigenvalue weighted by molar-refractivity contribution is 5.92. The van der Waals surface area contributed by atoms with Gasteiger partial charge in [0, 0.05) is 79.9 Å². The number of hydrogen-bond acceptors (Lipinski definition) is 10. The number of amides is 2. The van der Waals surface area contributed by atoms with Crippen molar-refractivity contribution in [1.82, 2.24) is 29.6 Å². The summed E-state index contributed by atoms with van der Waals surface area (Å²) in [7, 11) is 1.51. The number of carbonyl (C=O) groups is 2. The van der Waals surface area contributed by atoms with Crippen LogP contribution in [0.4, 0.5) is 30.9 Å². The van der Waals surface area contributed by atoms with Crippen LogP contribution in [0.15, 0.2) is 60.9 Å². The third kappa shape index (κ3) is 9.03. The summed E-state index contributed by atoms with van der Waals surface area (Å²) < 4.78 is 48.0. The van der Waals surface area contributed by atoms with Crippen molar-refractivity contribution < 1.29 is 32.6 Å². The van der Waals surface area contributed by atoms with Crippen LogP contribution in [-0.2, 0) is 20.8 Å². The number of benzene rings is 2. The first kappa shape index (κ1) is 37.1. The number of fused-ring (bicyclic) bond motifs is 1. The van der Waals surface area contributed by atoms with E-state index in [0.29, 0.717) is 59.9 Å². The zero-order chi connectivity index (χ0) is 37.7. The molecule has 3 aromatic heterocycles. The smallest absolute Gasteiger partial charge is 0.410 e. The molecular formula is C38H42F2N8O5. The maximum atomic E-state index is 15.3. The fraction of sp³-hybridized carbons (Fsp3) is 0.368. The average Bonchev–Trinajstić information content (AvgIpc) is 3.47. The fourth-order valence-corrected chi connectivity index (χ4v) is 6.12. The highest BCUT2D eigenvalue weighted by atomic mass is 19.1. The van der Waals surface area contributed by atoms with E-state index in [-0.39, 0.29) is 54.8 Å². The highest BCUT2D eigenvalue weighted by Crippen LogP contribution is 2.36. The van der Waals surface area contributed by atoms with Gasteiger partial charge in [0.15, 0.2) is 5.82 Å². The Bertz CT molecular complexity index is 2090. The molecule has 1 fully saturated rings. The standard InChI is InChI=1S/C38H42F2N8O5/c1-23(49)43-33-18-25(10-13-41-33)44-35-28(24-11-14-47(15-12-24)37(50)53-38(2,3)4)21-42-36(45-35)34-27-8-6-7-9-32(27)48(46-34)22-29-30(39)19-26(20-31(29)40)52-17-16-51-5/h6-10,13,18-21,24H,11-12,14-17,22H2,1-5H3,(H2,41,42,43,44,45,49). The van der Waals surface area contributed by atoms with E-state index in [1.54, 1.807) is 29.4 Å². The van der Waals surface area contributed by atoms with Gasteiger partial charge in [-0.2, -0.15) is 5.10 Å². The fourth-order valence-electron chi connectivity index (χ4n) is 6.12. The van der Waals surface area contributed by atoms with Gasteiger partial charge in [-0.05, 0) is 51.7 Å². The minimum atomic E-state index is -0.765. The maximum absolute atomic E-state index is 15.3. The Morgan fingerprint density at radius 2 is 1.74 bits per heavy atom. The van der Waals surface area contributed by atoms with Crippen LogP contribution in [0.1, 0.15) is 57.6 Å². The number of nitrogens with zero attached hydrogens (tertiary/aromatic N) is 6. The van der Waals surface area contributed by atoms with Crippen LogP contribution in [0.3, 0.4) is 0 Å². The van der Waals surface area contributed by atoms with Crippen molar-refractivity contribution in [2.75, 3.05) is 44.0 Å². The molecule has 2 N–H and O–H groups in total. The van der Waals surface area contributed by atoms with Crippen LogP contribution in [0.5, 0.6) is 5.75 Å². The number of carbonyl (C=O) groups excluding carboxylic acids is 2. The molecule has 1 saturated heterocycles. The molecular weight excluding hydrogens is 686 g/mol. The van der Waals surface area contributed by atoms with Crippen LogP contribution < -0.4 is 15.4 Å². The van der Waals surface area contributed by atoms with Gasteiger partial charge in [0.2, 0.25) is 5.91 Å². The third-order valence-electron chi connectivity index (χ3n) is 8.58. The predicted octanol–water partition coefficient (Wildman–Crippen LogP) is 7.06. The molecule has 0 atom stereocenters. The number of likely N-dealkylation sites (tertiary alicyclic amines) is 1. The van der Waals surface area contributed by atoms with Crippen molar-refractivity contribution in [3.05, 3.63) is 83.7 Å². The zero-order valence-electron chi connectivity index (χ0n) is 30.3. The van der Waals surface area contributed by atoms with Gasteiger partial charge in [-0.25, -0.2) is 28.5 Å². The van der Waals surface area contributed by atoms with Crippen molar-refractivity contribution in [3.8, 4) is 17.3 Å². The topological polar surface area (TPSA) is 146 Å². The van der Waals surface area contributed by atoms with Crippen molar-refractivity contribution >= 4 is 40.2 Å². The summed E-state index contributed by atoms with van der Waals surface area (Å²) in [5.74, 6) is -0.564. The summed E-state index contributed by atoms with van der Waals surface area (Å²) >= 11 is 0. The van der Waals surface area contributed by atoms with Crippen LogP contribution >= 0.6 is 0 Å². The number of ether oxygens (including phenoxy) is 3. The first-order valence-electron chi connectivity index (χ1n) is 17.3. The van der Waals surface area contributed by atoms with E-state index in [2.05, 4.69) is 15.6 Å². The number of methoxy groups -OCH3 is 1. The number of halogens is 2. The molecule has 0 radical (unpaired) electrons. The molecule has 0 aliphatic carbocycles. The largest absolute Gasteiger partial charge is 0.491 e. The molecule has 13 nitrogen and oxygen atoms in total. The molecule has 6 rings (SSSR count). The summed E-state index contributed by atoms with van der Waals surface area (Å²) in [5, 5.41) is 11.6. The number of aromatic nitrogens is 5. The molecule has 2 aromatic carbocycles. The third-order valence-corrected chi connectivity index (χ3v) is 8.58. The molecule has 0 spiro atoms. The number of pyridine rings is 1. The molecule has 0 unspecified atom stereocenters. The predicted molar refractivity (Wildman–Crippen MR) is 195 cm³/mol. The normalized spacial score (nSPS) is 13.6. The van der Waals surface area contributed by atoms with E-state index in [1.165, 1.54) is 18.7 Å². The minimum Gasteiger partial charge on any atom is -0.491 e. The number of para-hydroxylation sites is 1. The van der Waals surface area contributed by atoms with Crippen molar-refractivity contribution in [2.45, 2.75) is 58.6 Å². The van der Waals surface area contributed by atoms with Gasteiger partial charge in [-0.3, -0.25) is 9.48 Å². The zero-order valence-corrected chi connectivity index (χ0v) is 30.3. The summed E-state index contributed by atoms with van der Waals surface area (Å²) in [6.45, 7) is 8.14. The number of anilines is 3. The van der Waals surface area contributed by atoms with Gasteiger partial charge in [-0.15, -0.1) is 0 Å². The second-order valence-corrected chi connectivity index (χ2v) is 13.7. The average molecular weight is 729 g/mol. The van der Waals surface area contributed by atoms with Crippen molar-refractivity contribution in [2.24, 2.45) is 0 Å². The lowest BCUT2D eigenvalue weighted by Crippen LogP contribution is -2.41.